The van der Waals surface area contributed by atoms with Crippen molar-refractivity contribution >= 4 is 34.6 Å². The quantitative estimate of drug-likeness (QED) is 0.358. The topological polar surface area (TPSA) is 62.2 Å². The third-order valence-electron chi connectivity index (χ3n) is 7.90. The lowest BCUT2D eigenvalue weighted by Crippen LogP contribution is -2.29. The van der Waals surface area contributed by atoms with E-state index >= 15 is 0 Å². The van der Waals surface area contributed by atoms with Gasteiger partial charge in [0.1, 0.15) is 0 Å². The van der Waals surface area contributed by atoms with Crippen LogP contribution in [0.15, 0.2) is 48.7 Å². The van der Waals surface area contributed by atoms with Crippen LogP contribution >= 0.6 is 12.2 Å². The van der Waals surface area contributed by atoms with Gasteiger partial charge in [0.05, 0.1) is 17.8 Å². The number of carbonyl (C=O) groups is 1. The van der Waals surface area contributed by atoms with Crippen molar-refractivity contribution < 1.29 is 4.79 Å². The molecule has 0 spiro atoms. The van der Waals surface area contributed by atoms with Crippen LogP contribution in [0, 0.1) is 26.7 Å². The van der Waals surface area contributed by atoms with Crippen molar-refractivity contribution in [3.8, 4) is 0 Å². The highest BCUT2D eigenvalue weighted by Gasteiger charge is 2.42. The Morgan fingerprint density at radius 1 is 1.11 bits per heavy atom. The van der Waals surface area contributed by atoms with Crippen LogP contribution in [0.4, 0.5) is 11.4 Å². The van der Waals surface area contributed by atoms with E-state index in [1.807, 2.05) is 45.2 Å². The van der Waals surface area contributed by atoms with Gasteiger partial charge in [-0.15, -0.1) is 0 Å². The summed E-state index contributed by atoms with van der Waals surface area (Å²) >= 11 is 5.96. The summed E-state index contributed by atoms with van der Waals surface area (Å²) in [6.07, 6.45) is 6.93. The monoisotopic (exact) mass is 515 g/mol. The predicted molar refractivity (Wildman–Crippen MR) is 154 cm³/mol. The molecule has 5 rings (SSSR count). The van der Waals surface area contributed by atoms with Crippen molar-refractivity contribution in [3.05, 3.63) is 76.9 Å². The second-order valence-electron chi connectivity index (χ2n) is 10.8. The lowest BCUT2D eigenvalue weighted by atomic mass is 9.96. The Hall–Kier alpha value is -3.19. The summed E-state index contributed by atoms with van der Waals surface area (Å²) in [5.74, 6) is -0.0604. The smallest absolute Gasteiger partial charge is 0.226 e. The van der Waals surface area contributed by atoms with E-state index in [9.17, 15) is 4.79 Å². The molecule has 0 bridgehead atoms. The van der Waals surface area contributed by atoms with Crippen LogP contribution in [-0.2, 0) is 4.79 Å². The van der Waals surface area contributed by atoms with Gasteiger partial charge in [0, 0.05) is 40.9 Å². The second-order valence-corrected chi connectivity index (χ2v) is 11.2. The van der Waals surface area contributed by atoms with Gasteiger partial charge in [0.2, 0.25) is 5.91 Å². The maximum Gasteiger partial charge on any atom is 0.226 e. The number of rotatable bonds is 6. The maximum absolute atomic E-state index is 12.3. The summed E-state index contributed by atoms with van der Waals surface area (Å²) in [6, 6.07) is 15.0. The molecule has 2 N–H and O–H groups in total. The average Bonchev–Trinajstić information content (AvgIpc) is 3.58. The molecule has 0 unspecified atom stereocenters. The van der Waals surface area contributed by atoms with E-state index in [0.717, 1.165) is 22.6 Å². The van der Waals surface area contributed by atoms with E-state index in [1.54, 1.807) is 0 Å². The number of aryl methyl sites for hydroxylation is 2. The second kappa shape index (κ2) is 10.3. The molecule has 194 valence electrons. The first kappa shape index (κ1) is 25.5. The van der Waals surface area contributed by atoms with E-state index in [4.69, 9.17) is 17.2 Å². The number of pyridine rings is 1. The Labute approximate surface area is 225 Å². The normalized spacial score (nSPS) is 20.1. The molecule has 37 heavy (non-hydrogen) atoms. The molecule has 7 heteroatoms. The number of thiocarbonyl (C=S) groups is 1. The molecule has 2 aromatic heterocycles. The van der Waals surface area contributed by atoms with Crippen LogP contribution in [-0.4, -0.2) is 20.6 Å². The fourth-order valence-corrected chi connectivity index (χ4v) is 6.34. The third-order valence-corrected chi connectivity index (χ3v) is 8.22. The molecule has 0 radical (unpaired) electrons. The molecule has 6 nitrogen and oxygen atoms in total. The van der Waals surface area contributed by atoms with Gasteiger partial charge in [-0.2, -0.15) is 0 Å². The first-order valence-electron chi connectivity index (χ1n) is 13.4. The van der Waals surface area contributed by atoms with Gasteiger partial charge < -0.3 is 20.1 Å². The van der Waals surface area contributed by atoms with Crippen LogP contribution in [0.25, 0.3) is 0 Å². The molecule has 2 atom stereocenters. The molecule has 1 amide bonds. The van der Waals surface area contributed by atoms with Crippen LogP contribution in [0.3, 0.4) is 0 Å². The first-order valence-corrected chi connectivity index (χ1v) is 13.8. The van der Waals surface area contributed by atoms with Gasteiger partial charge in [-0.25, -0.2) is 0 Å². The van der Waals surface area contributed by atoms with E-state index in [1.165, 1.54) is 42.6 Å². The van der Waals surface area contributed by atoms with Crippen molar-refractivity contribution in [2.24, 2.45) is 5.92 Å². The van der Waals surface area contributed by atoms with E-state index in [0.29, 0.717) is 11.2 Å². The number of hydrogen-bond donors (Lipinski definition) is 2. The number of amides is 1. The van der Waals surface area contributed by atoms with Gasteiger partial charge >= 0.3 is 0 Å². The van der Waals surface area contributed by atoms with Gasteiger partial charge in [-0.1, -0.05) is 32.8 Å². The molecular formula is C30H37N5OS. The molecule has 1 saturated heterocycles. The van der Waals surface area contributed by atoms with Crippen molar-refractivity contribution in [1.82, 2.24) is 14.9 Å². The Balaban J connectivity index is 1.58. The predicted octanol–water partition coefficient (Wildman–Crippen LogP) is 6.70. The van der Waals surface area contributed by atoms with Gasteiger partial charge in [-0.3, -0.25) is 9.78 Å². The van der Waals surface area contributed by atoms with Crippen molar-refractivity contribution in [3.63, 3.8) is 0 Å². The lowest BCUT2D eigenvalue weighted by Gasteiger charge is -2.29. The van der Waals surface area contributed by atoms with E-state index in [2.05, 4.69) is 58.2 Å². The lowest BCUT2D eigenvalue weighted by molar-refractivity contribution is -0.118. The number of benzene rings is 1. The SMILES string of the molecule is Cc1cc(N2C(=S)N[C@H](c3ccccn3)[C@@H]2c2cc(C)n(C3CCCC3)c2C)ccc1NC(=O)C(C)C. The molecule has 2 fully saturated rings. The summed E-state index contributed by atoms with van der Waals surface area (Å²) in [5.41, 5.74) is 7.71. The van der Waals surface area contributed by atoms with Crippen molar-refractivity contribution in [2.45, 2.75) is 78.4 Å². The fraction of sp³-hybridized carbons (Fsp3) is 0.433. The van der Waals surface area contributed by atoms with Crippen LogP contribution in [0.5, 0.6) is 0 Å². The van der Waals surface area contributed by atoms with Crippen LogP contribution in [0.2, 0.25) is 0 Å². The van der Waals surface area contributed by atoms with Gasteiger partial charge in [0.15, 0.2) is 5.11 Å². The summed E-state index contributed by atoms with van der Waals surface area (Å²) in [5, 5.41) is 7.32. The first-order chi connectivity index (χ1) is 17.8. The molecule has 1 aliphatic heterocycles. The summed E-state index contributed by atoms with van der Waals surface area (Å²) in [4.78, 5) is 19.3. The van der Waals surface area contributed by atoms with Crippen LogP contribution < -0.4 is 15.5 Å². The number of nitrogens with one attached hydrogen (secondary N) is 2. The fourth-order valence-electron chi connectivity index (χ4n) is 5.99. The maximum atomic E-state index is 12.3. The Bertz CT molecular complexity index is 1310. The van der Waals surface area contributed by atoms with Crippen LogP contribution in [0.1, 0.15) is 85.9 Å². The highest BCUT2D eigenvalue weighted by Crippen LogP contribution is 2.45. The third kappa shape index (κ3) is 4.77. The minimum absolute atomic E-state index is 0.0154. The number of anilines is 2. The van der Waals surface area contributed by atoms with E-state index < -0.39 is 0 Å². The highest BCUT2D eigenvalue weighted by molar-refractivity contribution is 7.80. The standard InChI is InChI=1S/C30H37N5OS/c1-18(2)29(36)32-25-14-13-23(16-19(25)3)35-28(27(33-30(35)37)26-12-8-9-15-31-26)24-17-20(4)34(21(24)5)22-10-6-7-11-22/h8-9,12-18,22,27-28H,6-7,10-11H2,1-5H3,(H,32,36)(H,33,37)/t27-,28+/m1/s1. The average molecular weight is 516 g/mol. The molecule has 1 saturated carbocycles. The molecular weight excluding hydrogens is 478 g/mol. The van der Waals surface area contributed by atoms with Gasteiger partial charge in [0.25, 0.3) is 0 Å². The van der Waals surface area contributed by atoms with Crippen molar-refractivity contribution in [1.29, 1.82) is 0 Å². The molecule has 2 aliphatic rings. The number of hydrogen-bond acceptors (Lipinski definition) is 3. The van der Waals surface area contributed by atoms with Gasteiger partial charge in [-0.05, 0) is 93.4 Å². The number of aromatic nitrogens is 2. The molecule has 3 heterocycles. The Kier molecular flexibility index (Phi) is 7.08. The summed E-state index contributed by atoms with van der Waals surface area (Å²) < 4.78 is 2.55. The zero-order chi connectivity index (χ0) is 26.3. The van der Waals surface area contributed by atoms with E-state index in [-0.39, 0.29) is 23.9 Å². The zero-order valence-electron chi connectivity index (χ0n) is 22.4. The molecule has 1 aromatic carbocycles. The Morgan fingerprint density at radius 2 is 1.86 bits per heavy atom. The zero-order valence-corrected chi connectivity index (χ0v) is 23.2. The minimum Gasteiger partial charge on any atom is -0.351 e. The Morgan fingerprint density at radius 3 is 2.51 bits per heavy atom. The summed E-state index contributed by atoms with van der Waals surface area (Å²) in [7, 11) is 0. The highest BCUT2D eigenvalue weighted by atomic mass is 32.1. The largest absolute Gasteiger partial charge is 0.351 e. The number of nitrogens with zero attached hydrogens (tertiary/aromatic N) is 3. The summed E-state index contributed by atoms with van der Waals surface area (Å²) in [6.45, 7) is 10.3. The minimum atomic E-state index is -0.0770. The molecule has 1 aliphatic carbocycles. The molecule has 3 aromatic rings. The number of carbonyl (C=O) groups excluding carboxylic acids is 1. The van der Waals surface area contributed by atoms with Crippen molar-refractivity contribution in [2.75, 3.05) is 10.2 Å².